The van der Waals surface area contributed by atoms with Gasteiger partial charge in [0.25, 0.3) is 0 Å². The molecule has 0 atom stereocenters. The zero-order chi connectivity index (χ0) is 42.4. The van der Waals surface area contributed by atoms with Crippen LogP contribution in [0.25, 0.3) is 77.8 Å². The number of oxazole rings is 2. The first-order valence-electron chi connectivity index (χ1n) is 21.4. The van der Waals surface area contributed by atoms with Crippen LogP contribution >= 0.6 is 0 Å². The summed E-state index contributed by atoms with van der Waals surface area (Å²) >= 11 is 0. The van der Waals surface area contributed by atoms with Crippen LogP contribution in [0.15, 0.2) is 239 Å². The average Bonchev–Trinajstić information content (AvgIpc) is 4.01. The maximum Gasteiger partial charge on any atom is 0.227 e. The van der Waals surface area contributed by atoms with E-state index in [4.69, 9.17) is 18.8 Å². The molecule has 0 saturated heterocycles. The number of benzene rings is 10. The van der Waals surface area contributed by atoms with E-state index in [2.05, 4.69) is 204 Å². The molecule has 64 heavy (non-hydrogen) atoms. The van der Waals surface area contributed by atoms with Crippen molar-refractivity contribution in [2.24, 2.45) is 0 Å². The highest BCUT2D eigenvalue weighted by molar-refractivity contribution is 6.02. The number of hydrogen-bond acceptors (Lipinski definition) is 6. The number of nitrogens with zero attached hydrogens (tertiary/aromatic N) is 4. The minimum absolute atomic E-state index is 0.548. The van der Waals surface area contributed by atoms with Gasteiger partial charge in [-0.2, -0.15) is 0 Å². The highest BCUT2D eigenvalue weighted by atomic mass is 16.4. The Kier molecular flexibility index (Phi) is 9.05. The number of anilines is 6. The lowest BCUT2D eigenvalue weighted by Crippen LogP contribution is -2.10. The maximum absolute atomic E-state index is 6.48. The Bertz CT molecular complexity index is 3360. The van der Waals surface area contributed by atoms with Gasteiger partial charge in [0.05, 0.1) is 11.4 Å². The van der Waals surface area contributed by atoms with Crippen LogP contribution in [-0.4, -0.2) is 9.97 Å². The quantitative estimate of drug-likeness (QED) is 0.145. The van der Waals surface area contributed by atoms with Gasteiger partial charge in [0.15, 0.2) is 11.2 Å². The van der Waals surface area contributed by atoms with E-state index in [0.717, 1.165) is 67.4 Å². The predicted octanol–water partition coefficient (Wildman–Crippen LogP) is 16.2. The van der Waals surface area contributed by atoms with Crippen LogP contribution in [0.4, 0.5) is 34.1 Å². The van der Waals surface area contributed by atoms with Crippen LogP contribution in [0.1, 0.15) is 0 Å². The van der Waals surface area contributed by atoms with Crippen molar-refractivity contribution in [2.75, 3.05) is 9.80 Å². The first-order chi connectivity index (χ1) is 31.7. The smallest absolute Gasteiger partial charge is 0.227 e. The molecule has 0 fully saturated rings. The summed E-state index contributed by atoms with van der Waals surface area (Å²) in [5, 5.41) is 4.74. The third kappa shape index (κ3) is 6.53. The van der Waals surface area contributed by atoms with Gasteiger partial charge in [0, 0.05) is 55.8 Å². The molecule has 2 heterocycles. The molecule has 0 N–H and O–H groups in total. The molecule has 12 aromatic rings. The van der Waals surface area contributed by atoms with Crippen molar-refractivity contribution in [3.8, 4) is 34.0 Å². The van der Waals surface area contributed by atoms with Crippen LogP contribution in [0.3, 0.4) is 0 Å². The molecule has 0 bridgehead atoms. The van der Waals surface area contributed by atoms with Crippen LogP contribution in [0.5, 0.6) is 0 Å². The number of hydrogen-bond donors (Lipinski definition) is 0. The van der Waals surface area contributed by atoms with Gasteiger partial charge in [-0.05, 0) is 108 Å². The standard InChI is InChI=1S/C58H38N4O2/c1-3-19-43(20-4-1)61(51-27-11-17-39-15-7-9-23-47(39)51)45-35-31-41(32-36-45)57-59-55-49(25-13-29-53(55)63-57)50-26-14-30-54-56(50)60-58(64-54)42-33-37-46(38-34-42)62(44-21-5-2-6-22-44)52-28-12-18-40-16-8-10-24-48(40)52/h1-38H. The van der Waals surface area contributed by atoms with Gasteiger partial charge in [0.1, 0.15) is 11.0 Å². The molecule has 2 aromatic heterocycles. The second-order valence-electron chi connectivity index (χ2n) is 15.8. The SMILES string of the molecule is c1ccc(N(c2ccc(-c3nc4c(-c5cccc6oc(-c7ccc(N(c8ccccc8)c8cccc9ccccc89)cc7)nc56)cccc4o3)cc2)c2cccc3ccccc23)cc1. The van der Waals surface area contributed by atoms with Gasteiger partial charge < -0.3 is 18.6 Å². The fourth-order valence-corrected chi connectivity index (χ4v) is 8.90. The van der Waals surface area contributed by atoms with Gasteiger partial charge in [-0.3, -0.25) is 0 Å². The second kappa shape index (κ2) is 15.6. The van der Waals surface area contributed by atoms with Gasteiger partial charge in [-0.25, -0.2) is 9.97 Å². The fourth-order valence-electron chi connectivity index (χ4n) is 8.90. The Balaban J connectivity index is 0.877. The lowest BCUT2D eigenvalue weighted by atomic mass is 10.0. The molecular formula is C58H38N4O2. The first kappa shape index (κ1) is 37.1. The monoisotopic (exact) mass is 822 g/mol. The van der Waals surface area contributed by atoms with E-state index in [1.54, 1.807) is 0 Å². The molecule has 0 spiro atoms. The molecule has 6 nitrogen and oxygen atoms in total. The Morgan fingerprint density at radius 2 is 0.656 bits per heavy atom. The van der Waals surface area contributed by atoms with E-state index >= 15 is 0 Å². The van der Waals surface area contributed by atoms with Gasteiger partial charge in [-0.15, -0.1) is 0 Å². The van der Waals surface area contributed by atoms with Crippen molar-refractivity contribution in [1.29, 1.82) is 0 Å². The molecule has 0 unspecified atom stereocenters. The molecule has 0 aliphatic rings. The maximum atomic E-state index is 6.48. The summed E-state index contributed by atoms with van der Waals surface area (Å²) in [5.74, 6) is 1.10. The average molecular weight is 823 g/mol. The summed E-state index contributed by atoms with van der Waals surface area (Å²) in [4.78, 5) is 14.8. The molecule has 0 radical (unpaired) electrons. The Morgan fingerprint density at radius 3 is 1.09 bits per heavy atom. The summed E-state index contributed by atoms with van der Waals surface area (Å²) in [6.45, 7) is 0. The number of para-hydroxylation sites is 4. The Morgan fingerprint density at radius 1 is 0.297 bits per heavy atom. The summed E-state index contributed by atoms with van der Waals surface area (Å²) < 4.78 is 13.0. The summed E-state index contributed by atoms with van der Waals surface area (Å²) in [5.41, 5.74) is 13.0. The van der Waals surface area contributed by atoms with Crippen molar-refractivity contribution in [3.05, 3.63) is 231 Å². The van der Waals surface area contributed by atoms with E-state index in [0.29, 0.717) is 22.9 Å². The number of rotatable bonds is 9. The minimum atomic E-state index is 0.548. The topological polar surface area (TPSA) is 58.5 Å². The Labute approximate surface area is 369 Å². The lowest BCUT2D eigenvalue weighted by molar-refractivity contribution is 0.619. The van der Waals surface area contributed by atoms with Crippen molar-refractivity contribution >= 4 is 77.9 Å². The summed E-state index contributed by atoms with van der Waals surface area (Å²) in [6, 6.07) is 79.8. The van der Waals surface area contributed by atoms with Gasteiger partial charge in [-0.1, -0.05) is 133 Å². The third-order valence-corrected chi connectivity index (χ3v) is 11.9. The van der Waals surface area contributed by atoms with E-state index in [9.17, 15) is 0 Å². The van der Waals surface area contributed by atoms with Crippen molar-refractivity contribution in [2.45, 2.75) is 0 Å². The lowest BCUT2D eigenvalue weighted by Gasteiger charge is -2.27. The highest BCUT2D eigenvalue weighted by Crippen LogP contribution is 2.42. The van der Waals surface area contributed by atoms with Crippen LogP contribution in [-0.2, 0) is 0 Å². The molecule has 0 amide bonds. The molecule has 302 valence electrons. The molecule has 10 aromatic carbocycles. The van der Waals surface area contributed by atoms with Crippen LogP contribution in [0.2, 0.25) is 0 Å². The Hall–Kier alpha value is -8.74. The van der Waals surface area contributed by atoms with Crippen molar-refractivity contribution < 1.29 is 8.83 Å². The highest BCUT2D eigenvalue weighted by Gasteiger charge is 2.21. The zero-order valence-electron chi connectivity index (χ0n) is 34.5. The van der Waals surface area contributed by atoms with Crippen LogP contribution < -0.4 is 9.80 Å². The zero-order valence-corrected chi connectivity index (χ0v) is 34.5. The fraction of sp³-hybridized carbons (Fsp3) is 0. The largest absolute Gasteiger partial charge is 0.436 e. The van der Waals surface area contributed by atoms with Crippen molar-refractivity contribution in [3.63, 3.8) is 0 Å². The van der Waals surface area contributed by atoms with Gasteiger partial charge in [0.2, 0.25) is 11.8 Å². The van der Waals surface area contributed by atoms with E-state index in [1.165, 1.54) is 21.5 Å². The molecule has 0 aliphatic carbocycles. The van der Waals surface area contributed by atoms with E-state index in [-0.39, 0.29) is 0 Å². The van der Waals surface area contributed by atoms with Gasteiger partial charge >= 0.3 is 0 Å². The van der Waals surface area contributed by atoms with E-state index in [1.807, 2.05) is 36.4 Å². The minimum Gasteiger partial charge on any atom is -0.436 e. The second-order valence-corrected chi connectivity index (χ2v) is 15.8. The molecule has 0 aliphatic heterocycles. The molecule has 6 heteroatoms. The molecule has 12 rings (SSSR count). The molecule has 0 saturated carbocycles. The summed E-state index contributed by atoms with van der Waals surface area (Å²) in [7, 11) is 0. The van der Waals surface area contributed by atoms with Crippen LogP contribution in [0, 0.1) is 0 Å². The predicted molar refractivity (Wildman–Crippen MR) is 262 cm³/mol. The third-order valence-electron chi connectivity index (χ3n) is 11.9. The number of fused-ring (bicyclic) bond motifs is 4. The first-order valence-corrected chi connectivity index (χ1v) is 21.4. The summed E-state index contributed by atoms with van der Waals surface area (Å²) in [6.07, 6.45) is 0. The number of aromatic nitrogens is 2. The molecular weight excluding hydrogens is 785 g/mol. The van der Waals surface area contributed by atoms with E-state index < -0.39 is 0 Å². The van der Waals surface area contributed by atoms with Crippen molar-refractivity contribution in [1.82, 2.24) is 9.97 Å². The normalized spacial score (nSPS) is 11.4.